The maximum absolute atomic E-state index is 9.03. The van der Waals surface area contributed by atoms with Crippen molar-refractivity contribution in [1.82, 2.24) is 0 Å². The predicted molar refractivity (Wildman–Crippen MR) is 121 cm³/mol. The summed E-state index contributed by atoms with van der Waals surface area (Å²) < 4.78 is 0. The molecule has 0 amide bonds. The van der Waals surface area contributed by atoms with E-state index < -0.39 is 0 Å². The summed E-state index contributed by atoms with van der Waals surface area (Å²) in [5, 5.41) is 35.2. The van der Waals surface area contributed by atoms with Crippen LogP contribution >= 0.6 is 0 Å². The Balaban J connectivity index is 0. The molecular formula is C24H52O4. The van der Waals surface area contributed by atoms with Gasteiger partial charge in [0.15, 0.2) is 0 Å². The van der Waals surface area contributed by atoms with Gasteiger partial charge in [0.2, 0.25) is 0 Å². The average Bonchev–Trinajstić information content (AvgIpc) is 2.65. The van der Waals surface area contributed by atoms with Gasteiger partial charge >= 0.3 is 0 Å². The van der Waals surface area contributed by atoms with Crippen molar-refractivity contribution >= 4 is 0 Å². The third kappa shape index (κ3) is 33.4. The lowest BCUT2D eigenvalue weighted by Crippen LogP contribution is -1.98. The molecule has 0 aliphatic heterocycles. The standard InChI is InChI=1S/2C12H26O2/c2*1-12(14)10-8-6-4-2-3-5-7-9-11-13/h2*12-14H,2-11H2,1H3. The van der Waals surface area contributed by atoms with Crippen molar-refractivity contribution < 1.29 is 20.4 Å². The minimum Gasteiger partial charge on any atom is -0.396 e. The Morgan fingerprint density at radius 3 is 0.821 bits per heavy atom. The number of hydrogen-bond donors (Lipinski definition) is 4. The second kappa shape index (κ2) is 26.8. The lowest BCUT2D eigenvalue weighted by Gasteiger charge is -2.03. The summed E-state index contributed by atoms with van der Waals surface area (Å²) in [4.78, 5) is 0. The van der Waals surface area contributed by atoms with Crippen LogP contribution in [0.2, 0.25) is 0 Å². The Labute approximate surface area is 175 Å². The van der Waals surface area contributed by atoms with Crippen LogP contribution < -0.4 is 0 Å². The lowest BCUT2D eigenvalue weighted by atomic mass is 10.1. The molecule has 0 aliphatic rings. The number of aliphatic hydroxyl groups is 4. The molecule has 2 unspecified atom stereocenters. The van der Waals surface area contributed by atoms with Crippen LogP contribution in [0.4, 0.5) is 0 Å². The zero-order valence-electron chi connectivity index (χ0n) is 19.1. The fourth-order valence-electron chi connectivity index (χ4n) is 3.22. The second-order valence-electron chi connectivity index (χ2n) is 8.38. The quantitative estimate of drug-likeness (QED) is 0.195. The highest BCUT2D eigenvalue weighted by Crippen LogP contribution is 2.11. The van der Waals surface area contributed by atoms with Crippen molar-refractivity contribution in [2.75, 3.05) is 13.2 Å². The molecule has 0 aromatic carbocycles. The van der Waals surface area contributed by atoms with E-state index in [9.17, 15) is 0 Å². The molecule has 0 rings (SSSR count). The van der Waals surface area contributed by atoms with Crippen molar-refractivity contribution in [1.29, 1.82) is 0 Å². The predicted octanol–water partition coefficient (Wildman–Crippen LogP) is 5.74. The van der Waals surface area contributed by atoms with E-state index in [2.05, 4.69) is 0 Å². The Bertz CT molecular complexity index is 231. The molecule has 0 aliphatic carbocycles. The van der Waals surface area contributed by atoms with Gasteiger partial charge in [-0.15, -0.1) is 0 Å². The maximum Gasteiger partial charge on any atom is 0.0512 e. The average molecular weight is 405 g/mol. The van der Waals surface area contributed by atoms with E-state index in [0.717, 1.165) is 38.5 Å². The molecule has 4 N–H and O–H groups in total. The molecule has 0 aromatic heterocycles. The van der Waals surface area contributed by atoms with E-state index in [1.807, 2.05) is 13.8 Å². The number of rotatable bonds is 20. The van der Waals surface area contributed by atoms with E-state index in [1.165, 1.54) is 77.0 Å². The van der Waals surface area contributed by atoms with E-state index >= 15 is 0 Å². The molecule has 2 atom stereocenters. The van der Waals surface area contributed by atoms with E-state index in [1.54, 1.807) is 0 Å². The van der Waals surface area contributed by atoms with Crippen LogP contribution in [0.1, 0.15) is 129 Å². The molecule has 4 heteroatoms. The largest absolute Gasteiger partial charge is 0.396 e. The van der Waals surface area contributed by atoms with Crippen LogP contribution in [0, 0.1) is 0 Å². The van der Waals surface area contributed by atoms with Crippen molar-refractivity contribution in [3.05, 3.63) is 0 Å². The molecule has 4 nitrogen and oxygen atoms in total. The smallest absolute Gasteiger partial charge is 0.0512 e. The molecule has 0 fully saturated rings. The summed E-state index contributed by atoms with van der Waals surface area (Å²) in [6.45, 7) is 4.40. The molecule has 0 aromatic rings. The van der Waals surface area contributed by atoms with Gasteiger partial charge in [0.05, 0.1) is 12.2 Å². The highest BCUT2D eigenvalue weighted by molar-refractivity contribution is 4.51. The molecule has 0 saturated carbocycles. The fourth-order valence-corrected chi connectivity index (χ4v) is 3.22. The van der Waals surface area contributed by atoms with Crippen molar-refractivity contribution in [2.45, 2.75) is 142 Å². The molecule has 0 bridgehead atoms. The Kier molecular flexibility index (Phi) is 28.8. The van der Waals surface area contributed by atoms with E-state index in [-0.39, 0.29) is 12.2 Å². The number of hydrogen-bond acceptors (Lipinski definition) is 4. The zero-order valence-corrected chi connectivity index (χ0v) is 19.1. The van der Waals surface area contributed by atoms with Gasteiger partial charge < -0.3 is 20.4 Å². The first-order valence-electron chi connectivity index (χ1n) is 12.1. The summed E-state index contributed by atoms with van der Waals surface area (Å²) in [5.41, 5.74) is 0. The fraction of sp³-hybridized carbons (Fsp3) is 1.00. The first-order valence-corrected chi connectivity index (χ1v) is 12.1. The number of unbranched alkanes of at least 4 members (excludes halogenated alkanes) is 14. The summed E-state index contributed by atoms with van der Waals surface area (Å²) >= 11 is 0. The SMILES string of the molecule is CC(O)CCCCCCCCCCO.CC(O)CCCCCCCCCCO. The van der Waals surface area contributed by atoms with Gasteiger partial charge in [-0.1, -0.05) is 89.9 Å². The third-order valence-electron chi connectivity index (χ3n) is 5.06. The molecular weight excluding hydrogens is 352 g/mol. The van der Waals surface area contributed by atoms with Crippen LogP contribution in [0.3, 0.4) is 0 Å². The zero-order chi connectivity index (χ0) is 21.3. The Hall–Kier alpha value is -0.160. The molecule has 28 heavy (non-hydrogen) atoms. The minimum atomic E-state index is -0.125. The maximum atomic E-state index is 9.03. The summed E-state index contributed by atoms with van der Waals surface area (Å²) in [7, 11) is 0. The van der Waals surface area contributed by atoms with Crippen LogP contribution in [0.25, 0.3) is 0 Å². The van der Waals surface area contributed by atoms with Gasteiger partial charge in [0.1, 0.15) is 0 Å². The molecule has 0 radical (unpaired) electrons. The molecule has 172 valence electrons. The van der Waals surface area contributed by atoms with Crippen LogP contribution in [0.5, 0.6) is 0 Å². The molecule has 0 saturated heterocycles. The first kappa shape index (κ1) is 30.0. The first-order chi connectivity index (χ1) is 13.5. The topological polar surface area (TPSA) is 80.9 Å². The Morgan fingerprint density at radius 2 is 0.607 bits per heavy atom. The summed E-state index contributed by atoms with van der Waals surface area (Å²) in [6, 6.07) is 0. The summed E-state index contributed by atoms with van der Waals surface area (Å²) in [5.74, 6) is 0. The van der Waals surface area contributed by atoms with Crippen molar-refractivity contribution in [2.24, 2.45) is 0 Å². The molecule has 0 heterocycles. The third-order valence-corrected chi connectivity index (χ3v) is 5.06. The monoisotopic (exact) mass is 404 g/mol. The second-order valence-corrected chi connectivity index (χ2v) is 8.38. The van der Waals surface area contributed by atoms with Gasteiger partial charge in [-0.2, -0.15) is 0 Å². The van der Waals surface area contributed by atoms with Crippen molar-refractivity contribution in [3.63, 3.8) is 0 Å². The highest BCUT2D eigenvalue weighted by Gasteiger charge is 1.96. The van der Waals surface area contributed by atoms with Crippen molar-refractivity contribution in [3.8, 4) is 0 Å². The van der Waals surface area contributed by atoms with Gasteiger partial charge in [-0.25, -0.2) is 0 Å². The Morgan fingerprint density at radius 1 is 0.393 bits per heavy atom. The lowest BCUT2D eigenvalue weighted by molar-refractivity contribution is 0.180. The van der Waals surface area contributed by atoms with Gasteiger partial charge in [0.25, 0.3) is 0 Å². The normalized spacial score (nSPS) is 13.1. The minimum absolute atomic E-state index is 0.125. The van der Waals surface area contributed by atoms with Gasteiger partial charge in [-0.3, -0.25) is 0 Å². The van der Waals surface area contributed by atoms with E-state index in [0.29, 0.717) is 13.2 Å². The number of aliphatic hydroxyl groups excluding tert-OH is 4. The summed E-state index contributed by atoms with van der Waals surface area (Å²) in [6.07, 6.45) is 21.1. The van der Waals surface area contributed by atoms with Crippen LogP contribution in [-0.2, 0) is 0 Å². The van der Waals surface area contributed by atoms with Gasteiger partial charge in [0, 0.05) is 13.2 Å². The van der Waals surface area contributed by atoms with E-state index in [4.69, 9.17) is 20.4 Å². The highest BCUT2D eigenvalue weighted by atomic mass is 16.3. The molecule has 0 spiro atoms. The van der Waals surface area contributed by atoms with Crippen LogP contribution in [0.15, 0.2) is 0 Å². The van der Waals surface area contributed by atoms with Gasteiger partial charge in [-0.05, 0) is 39.5 Å². The van der Waals surface area contributed by atoms with Crippen LogP contribution in [-0.4, -0.2) is 45.8 Å².